The molecule has 29 heavy (non-hydrogen) atoms. The Morgan fingerprint density at radius 3 is 2.45 bits per heavy atom. The lowest BCUT2D eigenvalue weighted by Crippen LogP contribution is -2.40. The predicted molar refractivity (Wildman–Crippen MR) is 112 cm³/mol. The number of rotatable bonds is 4. The second-order valence-corrected chi connectivity index (χ2v) is 7.62. The van der Waals surface area contributed by atoms with Crippen LogP contribution in [-0.4, -0.2) is 28.8 Å². The fraction of sp³-hybridized carbons (Fsp3) is 0.348. The second-order valence-electron chi connectivity index (χ2n) is 7.62. The van der Waals surface area contributed by atoms with Gasteiger partial charge in [0, 0.05) is 17.4 Å². The summed E-state index contributed by atoms with van der Waals surface area (Å²) in [6, 6.07) is 12.1. The number of amides is 4. The molecule has 0 spiro atoms. The predicted octanol–water partition coefficient (Wildman–Crippen LogP) is 4.82. The molecule has 0 bridgehead atoms. The summed E-state index contributed by atoms with van der Waals surface area (Å²) in [5.74, 6) is -0.470. The summed E-state index contributed by atoms with van der Waals surface area (Å²) in [4.78, 5) is 39.5. The summed E-state index contributed by atoms with van der Waals surface area (Å²) < 4.78 is 0. The second kappa shape index (κ2) is 8.07. The summed E-state index contributed by atoms with van der Waals surface area (Å²) in [5, 5.41) is 5.61. The molecule has 0 radical (unpaired) electrons. The van der Waals surface area contributed by atoms with E-state index in [0.717, 1.165) is 49.8 Å². The zero-order valence-corrected chi connectivity index (χ0v) is 16.5. The minimum absolute atomic E-state index is 0.0126. The maximum absolute atomic E-state index is 12.9. The number of nitrogens with zero attached hydrogens (tertiary/aromatic N) is 1. The lowest BCUT2D eigenvalue weighted by atomic mass is 9.94. The minimum atomic E-state index is -0.383. The van der Waals surface area contributed by atoms with Gasteiger partial charge >= 0.3 is 6.03 Å². The molecule has 1 saturated carbocycles. The lowest BCUT2D eigenvalue weighted by molar-refractivity contribution is 0.0549. The molecule has 1 aliphatic heterocycles. The fourth-order valence-electron chi connectivity index (χ4n) is 4.24. The van der Waals surface area contributed by atoms with E-state index in [4.69, 9.17) is 0 Å². The molecule has 4 rings (SSSR count). The number of carbonyl (C=O) groups excluding carboxylic acids is 3. The number of aryl methyl sites for hydroxylation is 1. The van der Waals surface area contributed by atoms with Gasteiger partial charge in [-0.3, -0.25) is 14.5 Å². The van der Waals surface area contributed by atoms with Crippen LogP contribution in [0.3, 0.4) is 0 Å². The molecule has 2 aromatic rings. The van der Waals surface area contributed by atoms with Gasteiger partial charge in [-0.1, -0.05) is 44.4 Å². The Hall–Kier alpha value is -3.15. The summed E-state index contributed by atoms with van der Waals surface area (Å²) in [7, 11) is 0. The molecule has 0 unspecified atom stereocenters. The van der Waals surface area contributed by atoms with Crippen molar-refractivity contribution in [2.24, 2.45) is 0 Å². The number of hydrogen-bond acceptors (Lipinski definition) is 3. The van der Waals surface area contributed by atoms with Crippen molar-refractivity contribution >= 4 is 29.2 Å². The zero-order chi connectivity index (χ0) is 20.4. The van der Waals surface area contributed by atoms with Crippen molar-refractivity contribution in [1.29, 1.82) is 0 Å². The van der Waals surface area contributed by atoms with Gasteiger partial charge in [0.15, 0.2) is 0 Å². The first-order chi connectivity index (χ1) is 14.1. The average molecular weight is 391 g/mol. The maximum atomic E-state index is 12.9. The molecule has 2 N–H and O–H groups in total. The van der Waals surface area contributed by atoms with E-state index >= 15 is 0 Å². The molecule has 0 aromatic heterocycles. The number of para-hydroxylation sites is 1. The van der Waals surface area contributed by atoms with Gasteiger partial charge in [-0.15, -0.1) is 0 Å². The third-order valence-electron chi connectivity index (χ3n) is 5.76. The van der Waals surface area contributed by atoms with E-state index in [1.807, 2.05) is 31.2 Å². The van der Waals surface area contributed by atoms with Gasteiger partial charge in [-0.05, 0) is 49.1 Å². The molecule has 1 heterocycles. The Labute approximate surface area is 170 Å². The SMILES string of the molecule is CCc1ccccc1NC(=O)Nc1ccc2c(c1)C(=O)N(C1CCCCC1)C2=O. The van der Waals surface area contributed by atoms with Crippen molar-refractivity contribution in [3.05, 3.63) is 59.2 Å². The van der Waals surface area contributed by atoms with Crippen LogP contribution in [0.2, 0.25) is 0 Å². The van der Waals surface area contributed by atoms with Crippen LogP contribution in [0, 0.1) is 0 Å². The maximum Gasteiger partial charge on any atom is 0.323 e. The van der Waals surface area contributed by atoms with E-state index in [1.54, 1.807) is 18.2 Å². The molecule has 4 amide bonds. The molecule has 0 atom stereocenters. The van der Waals surface area contributed by atoms with Gasteiger partial charge < -0.3 is 10.6 Å². The molecule has 6 nitrogen and oxygen atoms in total. The zero-order valence-electron chi connectivity index (χ0n) is 16.5. The first-order valence-electron chi connectivity index (χ1n) is 10.3. The van der Waals surface area contributed by atoms with Gasteiger partial charge in [0.1, 0.15) is 0 Å². The highest BCUT2D eigenvalue weighted by Gasteiger charge is 2.40. The van der Waals surface area contributed by atoms with E-state index in [1.165, 1.54) is 4.90 Å². The van der Waals surface area contributed by atoms with Gasteiger partial charge in [-0.25, -0.2) is 4.79 Å². The van der Waals surface area contributed by atoms with E-state index in [9.17, 15) is 14.4 Å². The number of carbonyl (C=O) groups is 3. The number of urea groups is 1. The van der Waals surface area contributed by atoms with Gasteiger partial charge in [0.2, 0.25) is 0 Å². The standard InChI is InChI=1S/C23H25N3O3/c1-2-15-8-6-7-11-20(15)25-23(29)24-16-12-13-18-19(14-16)22(28)26(21(18)27)17-9-4-3-5-10-17/h6-8,11-14,17H,2-5,9-10H2,1H3,(H2,24,25,29). The summed E-state index contributed by atoms with van der Waals surface area (Å²) >= 11 is 0. The van der Waals surface area contributed by atoms with Crippen LogP contribution in [0.1, 0.15) is 65.3 Å². The summed E-state index contributed by atoms with van der Waals surface area (Å²) in [5.41, 5.74) is 3.07. The molecule has 2 aliphatic rings. The van der Waals surface area contributed by atoms with Crippen LogP contribution >= 0.6 is 0 Å². The number of anilines is 2. The number of fused-ring (bicyclic) bond motifs is 1. The largest absolute Gasteiger partial charge is 0.323 e. The Balaban J connectivity index is 1.49. The fourth-order valence-corrected chi connectivity index (χ4v) is 4.24. The Bertz CT molecular complexity index is 964. The van der Waals surface area contributed by atoms with E-state index < -0.39 is 0 Å². The molecule has 2 aromatic carbocycles. The van der Waals surface area contributed by atoms with Crippen molar-refractivity contribution in [3.63, 3.8) is 0 Å². The van der Waals surface area contributed by atoms with Crippen molar-refractivity contribution in [2.75, 3.05) is 10.6 Å². The number of nitrogens with one attached hydrogen (secondary N) is 2. The molecule has 1 aliphatic carbocycles. The van der Waals surface area contributed by atoms with Gasteiger partial charge in [0.25, 0.3) is 11.8 Å². The smallest absolute Gasteiger partial charge is 0.308 e. The molecule has 1 fully saturated rings. The summed E-state index contributed by atoms with van der Waals surface area (Å²) in [6.45, 7) is 2.03. The van der Waals surface area contributed by atoms with Crippen LogP contribution < -0.4 is 10.6 Å². The first-order valence-corrected chi connectivity index (χ1v) is 10.3. The number of benzene rings is 2. The first kappa shape index (κ1) is 19.2. The van der Waals surface area contributed by atoms with Gasteiger partial charge in [0.05, 0.1) is 11.1 Å². The van der Waals surface area contributed by atoms with E-state index in [2.05, 4.69) is 10.6 Å². The molecular formula is C23H25N3O3. The van der Waals surface area contributed by atoms with Crippen molar-refractivity contribution in [1.82, 2.24) is 4.90 Å². The normalized spacial score (nSPS) is 16.7. The molecular weight excluding hydrogens is 366 g/mol. The minimum Gasteiger partial charge on any atom is -0.308 e. The van der Waals surface area contributed by atoms with Gasteiger partial charge in [-0.2, -0.15) is 0 Å². The Morgan fingerprint density at radius 1 is 0.966 bits per heavy atom. The van der Waals surface area contributed by atoms with Crippen LogP contribution in [0.25, 0.3) is 0 Å². The average Bonchev–Trinajstić information content (AvgIpc) is 2.99. The van der Waals surface area contributed by atoms with Crippen molar-refractivity contribution in [2.45, 2.75) is 51.5 Å². The highest BCUT2D eigenvalue weighted by atomic mass is 16.2. The summed E-state index contributed by atoms with van der Waals surface area (Å²) in [6.07, 6.45) is 5.80. The monoisotopic (exact) mass is 391 g/mol. The highest BCUT2D eigenvalue weighted by Crippen LogP contribution is 2.32. The quantitative estimate of drug-likeness (QED) is 0.733. The number of imide groups is 1. The van der Waals surface area contributed by atoms with Crippen LogP contribution in [0.4, 0.5) is 16.2 Å². The topological polar surface area (TPSA) is 78.5 Å². The van der Waals surface area contributed by atoms with Crippen molar-refractivity contribution in [3.8, 4) is 0 Å². The van der Waals surface area contributed by atoms with Crippen LogP contribution in [-0.2, 0) is 6.42 Å². The van der Waals surface area contributed by atoms with E-state index in [-0.39, 0.29) is 23.9 Å². The molecule has 6 heteroatoms. The highest BCUT2D eigenvalue weighted by molar-refractivity contribution is 6.22. The third-order valence-corrected chi connectivity index (χ3v) is 5.76. The lowest BCUT2D eigenvalue weighted by Gasteiger charge is -2.29. The molecule has 0 saturated heterocycles. The Morgan fingerprint density at radius 2 is 1.69 bits per heavy atom. The van der Waals surface area contributed by atoms with Crippen LogP contribution in [0.15, 0.2) is 42.5 Å². The third kappa shape index (κ3) is 3.75. The van der Waals surface area contributed by atoms with Crippen molar-refractivity contribution < 1.29 is 14.4 Å². The molecule has 150 valence electrons. The Kier molecular flexibility index (Phi) is 5.34. The van der Waals surface area contributed by atoms with E-state index in [0.29, 0.717) is 16.8 Å². The number of hydrogen-bond donors (Lipinski definition) is 2. The van der Waals surface area contributed by atoms with Crippen LogP contribution in [0.5, 0.6) is 0 Å².